The molecule has 0 fully saturated rings. The van der Waals surface area contributed by atoms with Gasteiger partial charge < -0.3 is 0 Å². The van der Waals surface area contributed by atoms with Gasteiger partial charge in [0.2, 0.25) is 6.33 Å². The first-order valence-corrected chi connectivity index (χ1v) is 7.00. The summed E-state index contributed by atoms with van der Waals surface area (Å²) in [7, 11) is 0.783. The van der Waals surface area contributed by atoms with Gasteiger partial charge in [0.1, 0.15) is 12.4 Å². The van der Waals surface area contributed by atoms with Crippen LogP contribution in [0.1, 0.15) is 0 Å². The Hall–Kier alpha value is -1.98. The first-order chi connectivity index (χ1) is 13.2. The van der Waals surface area contributed by atoms with E-state index in [1.165, 1.54) is 0 Å². The quantitative estimate of drug-likeness (QED) is 0.358. The van der Waals surface area contributed by atoms with Crippen molar-refractivity contribution in [3.8, 4) is 0 Å². The number of hydrogen-bond donors (Lipinski definition) is 0. The molecule has 31 heavy (non-hydrogen) atoms. The summed E-state index contributed by atoms with van der Waals surface area (Å²) in [4.78, 5) is 0. The first-order valence-electron chi connectivity index (χ1n) is 7.00. The Labute approximate surface area is 158 Å². The summed E-state index contributed by atoms with van der Waals surface area (Å²) >= 11 is 0. The molecule has 0 saturated carbocycles. The Bertz CT molecular complexity index is 802. The highest BCUT2D eigenvalue weighted by atomic mass is 19.4. The minimum atomic E-state index is -8.62. The van der Waals surface area contributed by atoms with Gasteiger partial charge in [-0.05, 0) is 0 Å². The summed E-state index contributed by atoms with van der Waals surface area (Å²) in [6, 6.07) is -6.60. The van der Waals surface area contributed by atoms with Crippen molar-refractivity contribution in [2.45, 2.75) is 47.8 Å². The molecule has 0 aliphatic rings. The molecule has 0 N–H and O–H groups in total. The normalized spacial score (nSPS) is 16.1. The Morgan fingerprint density at radius 1 is 0.516 bits per heavy atom. The Morgan fingerprint density at radius 3 is 1.13 bits per heavy atom. The lowest BCUT2D eigenvalue weighted by atomic mass is 9.90. The molecule has 182 valence electrons. The largest absolute Gasteiger partial charge is 0.469 e. The van der Waals surface area contributed by atoms with Crippen molar-refractivity contribution in [3.05, 3.63) is 18.7 Å². The number of aryl methyl sites for hydroxylation is 1. The monoisotopic (exact) mass is 501 g/mol. The number of alkyl halides is 17. The summed E-state index contributed by atoms with van der Waals surface area (Å²) in [5.74, 6) is -49.9. The molecule has 0 aromatic carbocycles. The van der Waals surface area contributed by atoms with E-state index >= 15 is 0 Å². The van der Waals surface area contributed by atoms with E-state index in [0.29, 0.717) is 10.8 Å². The van der Waals surface area contributed by atoms with Crippen LogP contribution in [0.2, 0.25) is 0 Å². The fourth-order valence-electron chi connectivity index (χ4n) is 1.93. The van der Waals surface area contributed by atoms with Crippen molar-refractivity contribution in [1.82, 2.24) is 4.57 Å². The van der Waals surface area contributed by atoms with E-state index < -0.39 is 52.3 Å². The van der Waals surface area contributed by atoms with E-state index in [1.54, 1.807) is 0 Å². The number of nitrogens with zero attached hydrogens (tertiary/aromatic N) is 2. The molecule has 1 aromatic rings. The van der Waals surface area contributed by atoms with Gasteiger partial charge in [0, 0.05) is 0 Å². The Balaban J connectivity index is 3.69. The number of rotatable bonds is 7. The summed E-state index contributed by atoms with van der Waals surface area (Å²) in [6.07, 6.45) is -7.73. The van der Waals surface area contributed by atoms with E-state index in [9.17, 15) is 74.6 Å². The molecule has 0 amide bonds. The summed E-state index contributed by atoms with van der Waals surface area (Å²) < 4.78 is 221. The Kier molecular flexibility index (Phi) is 5.90. The van der Waals surface area contributed by atoms with Crippen LogP contribution in [0.5, 0.6) is 0 Å². The number of hydrogen-bond acceptors (Lipinski definition) is 0. The molecule has 2 nitrogen and oxygen atoms in total. The molecule has 19 heteroatoms. The van der Waals surface area contributed by atoms with E-state index in [1.807, 2.05) is 0 Å². The molecule has 0 radical (unpaired) electrons. The molecule has 0 unspecified atom stereocenters. The van der Waals surface area contributed by atoms with Crippen molar-refractivity contribution in [2.24, 2.45) is 7.05 Å². The molecule has 0 atom stereocenters. The predicted molar refractivity (Wildman–Crippen MR) is 61.5 cm³/mol. The van der Waals surface area contributed by atoms with Crippen molar-refractivity contribution >= 4 is 0 Å². The van der Waals surface area contributed by atoms with Crippen molar-refractivity contribution < 1.29 is 79.2 Å². The highest BCUT2D eigenvalue weighted by Crippen LogP contribution is 2.64. The zero-order chi connectivity index (χ0) is 25.3. The maximum atomic E-state index is 13.7. The van der Waals surface area contributed by atoms with Crippen LogP contribution in [0.15, 0.2) is 18.7 Å². The van der Waals surface area contributed by atoms with Gasteiger partial charge in [-0.15, -0.1) is 0 Å². The van der Waals surface area contributed by atoms with Crippen molar-refractivity contribution in [3.63, 3.8) is 0 Å². The standard InChI is InChI=1S/C12H6F17N2/c1-30-2-3-31(4-30)12(28,29)10(23,24)8(19,20)6(15,16)5(13,14)7(17,18)9(21,22)11(25,26)27/h2-4H,1H3/q+1. The topological polar surface area (TPSA) is 8.81 Å². The van der Waals surface area contributed by atoms with Crippen LogP contribution in [0, 0.1) is 0 Å². The second kappa shape index (κ2) is 6.76. The van der Waals surface area contributed by atoms with Gasteiger partial charge in [0.15, 0.2) is 0 Å². The summed E-state index contributed by atoms with van der Waals surface area (Å²) in [6.45, 7) is 0. The van der Waals surface area contributed by atoms with Crippen LogP contribution in [-0.4, -0.2) is 46.3 Å². The van der Waals surface area contributed by atoms with Gasteiger partial charge >= 0.3 is 47.8 Å². The third kappa shape index (κ3) is 3.28. The minimum absolute atomic E-state index is 0.188. The van der Waals surface area contributed by atoms with Crippen molar-refractivity contribution in [2.75, 3.05) is 0 Å². The molecule has 0 aliphatic carbocycles. The van der Waals surface area contributed by atoms with Gasteiger partial charge in [-0.1, -0.05) is 0 Å². The molecule has 0 saturated heterocycles. The Morgan fingerprint density at radius 2 is 0.839 bits per heavy atom. The maximum Gasteiger partial charge on any atom is 0.469 e. The van der Waals surface area contributed by atoms with Gasteiger partial charge in [0.25, 0.3) is 0 Å². The highest BCUT2D eigenvalue weighted by Gasteiger charge is 2.96. The van der Waals surface area contributed by atoms with Gasteiger partial charge in [-0.3, -0.25) is 0 Å². The third-order valence-electron chi connectivity index (χ3n) is 3.80. The zero-order valence-electron chi connectivity index (χ0n) is 14.1. The summed E-state index contributed by atoms with van der Waals surface area (Å²) in [5.41, 5.74) is 0. The average molecular weight is 501 g/mol. The molecular formula is C12H6F17N2+. The van der Waals surface area contributed by atoms with Crippen LogP contribution in [0.4, 0.5) is 74.6 Å². The lowest BCUT2D eigenvalue weighted by molar-refractivity contribution is -0.672. The molecular weight excluding hydrogens is 495 g/mol. The predicted octanol–water partition coefficient (Wildman–Crippen LogP) is 5.24. The van der Waals surface area contributed by atoms with Crippen LogP contribution < -0.4 is 4.57 Å². The number of halogens is 17. The van der Waals surface area contributed by atoms with Gasteiger partial charge in [-0.25, -0.2) is 4.57 Å². The van der Waals surface area contributed by atoms with E-state index in [4.69, 9.17) is 0 Å². The van der Waals surface area contributed by atoms with Gasteiger partial charge in [0.05, 0.1) is 7.05 Å². The van der Waals surface area contributed by atoms with Crippen LogP contribution >= 0.6 is 0 Å². The third-order valence-corrected chi connectivity index (χ3v) is 3.80. The van der Waals surface area contributed by atoms with Crippen LogP contribution in [-0.2, 0) is 13.1 Å². The minimum Gasteiger partial charge on any atom is -0.239 e. The fraction of sp³-hybridized carbons (Fsp3) is 0.750. The summed E-state index contributed by atoms with van der Waals surface area (Å²) in [5, 5.41) is 0. The molecule has 1 rings (SSSR count). The highest BCUT2D eigenvalue weighted by molar-refractivity contribution is 5.14. The second-order valence-corrected chi connectivity index (χ2v) is 5.97. The fourth-order valence-corrected chi connectivity index (χ4v) is 1.93. The number of aromatic nitrogens is 2. The van der Waals surface area contributed by atoms with Crippen molar-refractivity contribution in [1.29, 1.82) is 0 Å². The smallest absolute Gasteiger partial charge is 0.239 e. The zero-order valence-corrected chi connectivity index (χ0v) is 14.1. The first kappa shape index (κ1) is 27.1. The lowest BCUT2D eigenvalue weighted by Crippen LogP contribution is -2.74. The molecule has 1 heterocycles. The van der Waals surface area contributed by atoms with E-state index in [-0.39, 0.29) is 12.5 Å². The average Bonchev–Trinajstić information content (AvgIpc) is 2.99. The number of imidazole rings is 1. The molecule has 1 aromatic heterocycles. The van der Waals surface area contributed by atoms with E-state index in [0.717, 1.165) is 7.05 Å². The maximum absolute atomic E-state index is 13.7. The second-order valence-electron chi connectivity index (χ2n) is 5.97. The molecule has 0 spiro atoms. The SMILES string of the molecule is C[n+]1ccn(C(F)(F)C(F)(F)C(F)(F)C(F)(F)C(F)(F)C(F)(F)C(F)(F)C(F)(F)F)c1. The lowest BCUT2D eigenvalue weighted by Gasteiger charge is -2.41. The van der Waals surface area contributed by atoms with Crippen LogP contribution in [0.25, 0.3) is 0 Å². The molecule has 0 bridgehead atoms. The molecule has 0 aliphatic heterocycles. The van der Waals surface area contributed by atoms with Crippen LogP contribution in [0.3, 0.4) is 0 Å². The van der Waals surface area contributed by atoms with E-state index in [2.05, 4.69) is 0 Å². The van der Waals surface area contributed by atoms with Gasteiger partial charge in [-0.2, -0.15) is 79.2 Å².